The summed E-state index contributed by atoms with van der Waals surface area (Å²) in [5.41, 5.74) is -0.839. The molecule has 2 aliphatic heterocycles. The van der Waals surface area contributed by atoms with E-state index in [2.05, 4.69) is 40.7 Å². The van der Waals surface area contributed by atoms with Crippen LogP contribution in [-0.2, 0) is 28.5 Å². The van der Waals surface area contributed by atoms with Crippen molar-refractivity contribution >= 4 is 11.9 Å². The molecule has 3 rings (SSSR count). The second-order valence-corrected chi connectivity index (χ2v) is 14.0. The number of carboxylic acid groups (broad SMARTS) is 1. The number of carboxylic acids is 1. The molecular weight excluding hydrogens is 564 g/mol. The van der Waals surface area contributed by atoms with Crippen LogP contribution in [0, 0.1) is 29.6 Å². The van der Waals surface area contributed by atoms with Crippen LogP contribution in [0.15, 0.2) is 35.5 Å². The number of esters is 1. The highest BCUT2D eigenvalue weighted by Gasteiger charge is 2.53. The zero-order chi connectivity index (χ0) is 32.8. The van der Waals surface area contributed by atoms with Crippen LogP contribution in [0.2, 0.25) is 0 Å². The molecule has 2 saturated heterocycles. The lowest BCUT2D eigenvalue weighted by atomic mass is 9.66. The molecule has 2 heterocycles. The van der Waals surface area contributed by atoms with E-state index in [0.717, 1.165) is 19.3 Å². The SMILES string of the molecule is COC(=O)/C(=C\C=C\[C@H](C)C/C(C)=C/C[C@@H]1C[C@H](O)C[C@]2(CC[C@H](C)[C@@H](C(C)C)O2)O1)[C@]1(O)C[C@H](OC)[C@@H](C)C[C@H]1C(=O)O. The first-order chi connectivity index (χ1) is 20.6. The van der Waals surface area contributed by atoms with Crippen LogP contribution in [0.5, 0.6) is 0 Å². The molecular formula is C35H56O9. The van der Waals surface area contributed by atoms with Gasteiger partial charge in [-0.25, -0.2) is 4.79 Å². The summed E-state index contributed by atoms with van der Waals surface area (Å²) in [6.45, 7) is 12.6. The summed E-state index contributed by atoms with van der Waals surface area (Å²) in [6, 6.07) is 0. The minimum absolute atomic E-state index is 0.0186. The molecule has 0 unspecified atom stereocenters. The maximum absolute atomic E-state index is 12.8. The highest BCUT2D eigenvalue weighted by molar-refractivity contribution is 5.92. The van der Waals surface area contributed by atoms with Crippen molar-refractivity contribution in [2.24, 2.45) is 29.6 Å². The number of aliphatic carboxylic acids is 1. The summed E-state index contributed by atoms with van der Waals surface area (Å²) < 4.78 is 23.5. The van der Waals surface area contributed by atoms with Gasteiger partial charge in [0.25, 0.3) is 0 Å². The van der Waals surface area contributed by atoms with Gasteiger partial charge in [-0.2, -0.15) is 0 Å². The zero-order valence-corrected chi connectivity index (χ0v) is 28.0. The molecule has 44 heavy (non-hydrogen) atoms. The number of hydrogen-bond acceptors (Lipinski definition) is 8. The van der Waals surface area contributed by atoms with Crippen molar-refractivity contribution in [3.8, 4) is 0 Å². The molecule has 3 aliphatic rings. The molecule has 1 aliphatic carbocycles. The second kappa shape index (κ2) is 15.5. The van der Waals surface area contributed by atoms with Gasteiger partial charge in [-0.1, -0.05) is 58.4 Å². The number of aliphatic hydroxyl groups is 2. The smallest absolute Gasteiger partial charge is 0.336 e. The highest BCUT2D eigenvalue weighted by Crippen LogP contribution is 2.45. The van der Waals surface area contributed by atoms with E-state index in [0.29, 0.717) is 31.1 Å². The third kappa shape index (κ3) is 8.81. The molecule has 0 radical (unpaired) electrons. The van der Waals surface area contributed by atoms with Gasteiger partial charge < -0.3 is 34.3 Å². The topological polar surface area (TPSA) is 132 Å². The van der Waals surface area contributed by atoms with Crippen molar-refractivity contribution in [3.63, 3.8) is 0 Å². The molecule has 9 nitrogen and oxygen atoms in total. The third-order valence-corrected chi connectivity index (χ3v) is 9.89. The van der Waals surface area contributed by atoms with E-state index in [1.807, 2.05) is 13.0 Å². The van der Waals surface area contributed by atoms with Crippen LogP contribution in [-0.4, -0.2) is 77.3 Å². The van der Waals surface area contributed by atoms with Crippen molar-refractivity contribution in [1.82, 2.24) is 0 Å². The largest absolute Gasteiger partial charge is 0.481 e. The van der Waals surface area contributed by atoms with E-state index in [4.69, 9.17) is 18.9 Å². The van der Waals surface area contributed by atoms with Crippen molar-refractivity contribution in [2.45, 2.75) is 129 Å². The summed E-state index contributed by atoms with van der Waals surface area (Å²) in [6.07, 6.45) is 10.9. The maximum Gasteiger partial charge on any atom is 0.336 e. The molecule has 9 heteroatoms. The number of carbonyl (C=O) groups excluding carboxylic acids is 1. The fraction of sp³-hybridized carbons (Fsp3) is 0.771. The Hall–Kier alpha value is -2.04. The predicted molar refractivity (Wildman–Crippen MR) is 168 cm³/mol. The van der Waals surface area contributed by atoms with E-state index >= 15 is 0 Å². The molecule has 10 atom stereocenters. The van der Waals surface area contributed by atoms with Crippen LogP contribution < -0.4 is 0 Å². The summed E-state index contributed by atoms with van der Waals surface area (Å²) >= 11 is 0. The average molecular weight is 621 g/mol. The van der Waals surface area contributed by atoms with Gasteiger partial charge in [0.2, 0.25) is 0 Å². The van der Waals surface area contributed by atoms with Crippen LogP contribution in [0.1, 0.15) is 92.9 Å². The lowest BCUT2D eigenvalue weighted by Gasteiger charge is -2.50. The summed E-state index contributed by atoms with van der Waals surface area (Å²) in [5.74, 6) is -2.94. The number of methoxy groups -OCH3 is 2. The van der Waals surface area contributed by atoms with E-state index in [1.54, 1.807) is 6.08 Å². The number of ether oxygens (including phenoxy) is 4. The van der Waals surface area contributed by atoms with Crippen LogP contribution in [0.3, 0.4) is 0 Å². The first kappa shape index (κ1) is 36.4. The Labute approximate surface area is 263 Å². The molecule has 250 valence electrons. The van der Waals surface area contributed by atoms with E-state index in [1.165, 1.54) is 25.9 Å². The molecule has 1 saturated carbocycles. The van der Waals surface area contributed by atoms with Gasteiger partial charge >= 0.3 is 11.9 Å². The molecule has 0 amide bonds. The van der Waals surface area contributed by atoms with Gasteiger partial charge in [0.15, 0.2) is 5.79 Å². The number of rotatable bonds is 11. The fourth-order valence-corrected chi connectivity index (χ4v) is 7.47. The number of aliphatic hydroxyl groups excluding tert-OH is 1. The Bertz CT molecular complexity index is 1080. The van der Waals surface area contributed by atoms with Gasteiger partial charge in [-0.15, -0.1) is 0 Å². The fourth-order valence-electron chi connectivity index (χ4n) is 7.47. The maximum atomic E-state index is 12.8. The minimum atomic E-state index is -1.92. The number of allylic oxidation sites excluding steroid dienone is 4. The highest BCUT2D eigenvalue weighted by atomic mass is 16.7. The molecule has 0 aromatic rings. The molecule has 0 aromatic carbocycles. The average Bonchev–Trinajstić information content (AvgIpc) is 2.95. The van der Waals surface area contributed by atoms with Gasteiger partial charge in [-0.05, 0) is 62.4 Å². The Balaban J connectivity index is 1.67. The predicted octanol–water partition coefficient (Wildman–Crippen LogP) is 5.59. The molecule has 3 fully saturated rings. The molecule has 1 spiro atoms. The monoisotopic (exact) mass is 620 g/mol. The van der Waals surface area contributed by atoms with Crippen LogP contribution in [0.25, 0.3) is 0 Å². The van der Waals surface area contributed by atoms with Crippen molar-refractivity contribution in [3.05, 3.63) is 35.5 Å². The lowest BCUT2D eigenvalue weighted by molar-refractivity contribution is -0.339. The Morgan fingerprint density at radius 1 is 1.07 bits per heavy atom. The second-order valence-electron chi connectivity index (χ2n) is 14.0. The molecule has 0 aromatic heterocycles. The summed E-state index contributed by atoms with van der Waals surface area (Å²) in [7, 11) is 2.74. The summed E-state index contributed by atoms with van der Waals surface area (Å²) in [4.78, 5) is 24.9. The third-order valence-electron chi connectivity index (χ3n) is 9.89. The Morgan fingerprint density at radius 2 is 1.77 bits per heavy atom. The lowest BCUT2D eigenvalue weighted by Crippen LogP contribution is -2.54. The first-order valence-corrected chi connectivity index (χ1v) is 16.3. The Morgan fingerprint density at radius 3 is 2.39 bits per heavy atom. The number of carbonyl (C=O) groups is 2. The number of hydrogen-bond donors (Lipinski definition) is 3. The first-order valence-electron chi connectivity index (χ1n) is 16.3. The van der Waals surface area contributed by atoms with Crippen LogP contribution >= 0.6 is 0 Å². The minimum Gasteiger partial charge on any atom is -0.481 e. The van der Waals surface area contributed by atoms with E-state index < -0.39 is 41.5 Å². The van der Waals surface area contributed by atoms with Gasteiger partial charge in [-0.3, -0.25) is 4.79 Å². The van der Waals surface area contributed by atoms with E-state index in [9.17, 15) is 24.9 Å². The van der Waals surface area contributed by atoms with Crippen molar-refractivity contribution in [2.75, 3.05) is 14.2 Å². The van der Waals surface area contributed by atoms with Crippen molar-refractivity contribution < 1.29 is 43.9 Å². The van der Waals surface area contributed by atoms with E-state index in [-0.39, 0.29) is 42.5 Å². The zero-order valence-electron chi connectivity index (χ0n) is 28.0. The van der Waals surface area contributed by atoms with Crippen molar-refractivity contribution in [1.29, 1.82) is 0 Å². The standard InChI is InChI=1S/C35H56O9/c1-21(2)31-24(5)14-15-34(44-31)19-26(36)18-27(43-34)13-12-23(4)16-22(3)10-9-11-28(33(39)42-8)35(40)20-30(41-7)25(6)17-29(35)32(37)38/h9-12,21-22,24-27,29-31,36,40H,13-20H2,1-8H3,(H,37,38)/b10-9+,23-12+,28-11+/t22-,24-,25-,26-,27+,29-,30-,31+,34+,35+/m0/s1. The van der Waals surface area contributed by atoms with Gasteiger partial charge in [0.05, 0.1) is 43.0 Å². The van der Waals surface area contributed by atoms with Gasteiger partial charge in [0.1, 0.15) is 5.60 Å². The summed E-state index contributed by atoms with van der Waals surface area (Å²) in [5, 5.41) is 32.3. The normalized spacial score (nSPS) is 37.8. The molecule has 0 bridgehead atoms. The van der Waals surface area contributed by atoms with Crippen LogP contribution in [0.4, 0.5) is 0 Å². The van der Waals surface area contributed by atoms with Gasteiger partial charge in [0, 0.05) is 32.8 Å². The molecule has 3 N–H and O–H groups in total. The quantitative estimate of drug-likeness (QED) is 0.117. The Kier molecular flexibility index (Phi) is 12.8.